The minimum atomic E-state index is -1.47. The van der Waals surface area contributed by atoms with Crippen LogP contribution in [-0.2, 0) is 14.3 Å². The maximum Gasteiger partial charge on any atom is 0.409 e. The average molecular weight is 393 g/mol. The van der Waals surface area contributed by atoms with Gasteiger partial charge in [0.2, 0.25) is 0 Å². The van der Waals surface area contributed by atoms with Gasteiger partial charge in [-0.2, -0.15) is 0 Å². The van der Waals surface area contributed by atoms with Crippen LogP contribution >= 0.6 is 0 Å². The number of fused-ring (bicyclic) bond motifs is 3. The van der Waals surface area contributed by atoms with Crippen molar-refractivity contribution in [1.82, 2.24) is 4.90 Å². The average Bonchev–Trinajstić information content (AvgIpc) is 3.06. The van der Waals surface area contributed by atoms with E-state index in [4.69, 9.17) is 9.47 Å². The van der Waals surface area contributed by atoms with E-state index in [9.17, 15) is 14.7 Å². The Kier molecular flexibility index (Phi) is 5.11. The van der Waals surface area contributed by atoms with Crippen LogP contribution < -0.4 is 0 Å². The molecule has 1 aliphatic carbocycles. The van der Waals surface area contributed by atoms with Crippen molar-refractivity contribution in [3.63, 3.8) is 0 Å². The van der Waals surface area contributed by atoms with E-state index >= 15 is 0 Å². The van der Waals surface area contributed by atoms with Crippen LogP contribution in [0.25, 0.3) is 11.1 Å². The van der Waals surface area contributed by atoms with Crippen LogP contribution in [0.3, 0.4) is 0 Å². The third-order valence-corrected chi connectivity index (χ3v) is 5.64. The molecular weight excluding hydrogens is 370 g/mol. The standard InChI is InChI=1S/C23H23NO5/c1-2-11-23(21(25)26)15-24(12-13-29-23)22(27)28-14-20-18-9-5-3-7-16(18)17-8-4-6-10-19(17)20/h2-10,20H,1,11-15H2,(H,25,26). The minimum Gasteiger partial charge on any atom is -0.479 e. The Morgan fingerprint density at radius 3 is 2.38 bits per heavy atom. The van der Waals surface area contributed by atoms with Gasteiger partial charge in [-0.3, -0.25) is 0 Å². The molecular formula is C23H23NO5. The molecule has 0 radical (unpaired) electrons. The van der Waals surface area contributed by atoms with Gasteiger partial charge in [0.05, 0.1) is 13.2 Å². The van der Waals surface area contributed by atoms with Crippen molar-refractivity contribution in [1.29, 1.82) is 0 Å². The lowest BCUT2D eigenvalue weighted by molar-refractivity contribution is -0.175. The van der Waals surface area contributed by atoms with Gasteiger partial charge in [-0.25, -0.2) is 9.59 Å². The first-order valence-electron chi connectivity index (χ1n) is 9.64. The van der Waals surface area contributed by atoms with Gasteiger partial charge in [0.25, 0.3) is 0 Å². The van der Waals surface area contributed by atoms with E-state index in [1.807, 2.05) is 24.3 Å². The third-order valence-electron chi connectivity index (χ3n) is 5.64. The zero-order valence-corrected chi connectivity index (χ0v) is 16.0. The summed E-state index contributed by atoms with van der Waals surface area (Å²) in [5.41, 5.74) is 3.12. The van der Waals surface area contributed by atoms with Crippen molar-refractivity contribution in [2.45, 2.75) is 17.9 Å². The molecule has 6 heteroatoms. The van der Waals surface area contributed by atoms with Crippen LogP contribution in [0.1, 0.15) is 23.5 Å². The van der Waals surface area contributed by atoms with Gasteiger partial charge in [-0.1, -0.05) is 54.6 Å². The lowest BCUT2D eigenvalue weighted by atomic mass is 9.97. The fraction of sp³-hybridized carbons (Fsp3) is 0.304. The summed E-state index contributed by atoms with van der Waals surface area (Å²) in [4.78, 5) is 25.9. The fourth-order valence-electron chi connectivity index (χ4n) is 4.20. The number of carboxylic acids is 1. The van der Waals surface area contributed by atoms with E-state index in [0.717, 1.165) is 22.3 Å². The van der Waals surface area contributed by atoms with Gasteiger partial charge in [0.1, 0.15) is 6.61 Å². The quantitative estimate of drug-likeness (QED) is 0.785. The van der Waals surface area contributed by atoms with E-state index in [-0.39, 0.29) is 32.1 Å². The summed E-state index contributed by atoms with van der Waals surface area (Å²) in [5.74, 6) is -1.14. The number of benzene rings is 2. The van der Waals surface area contributed by atoms with Crippen LogP contribution in [0.5, 0.6) is 0 Å². The zero-order valence-electron chi connectivity index (χ0n) is 16.0. The highest BCUT2D eigenvalue weighted by molar-refractivity contribution is 5.80. The number of hydrogen-bond donors (Lipinski definition) is 1. The molecule has 2 aliphatic rings. The van der Waals surface area contributed by atoms with Crippen molar-refractivity contribution in [3.05, 3.63) is 72.3 Å². The SMILES string of the molecule is C=CCC1(C(=O)O)CN(C(=O)OCC2c3ccccc3-c3ccccc32)CCO1. The molecule has 0 spiro atoms. The summed E-state index contributed by atoms with van der Waals surface area (Å²) in [7, 11) is 0. The monoisotopic (exact) mass is 393 g/mol. The number of rotatable bonds is 5. The highest BCUT2D eigenvalue weighted by Crippen LogP contribution is 2.44. The van der Waals surface area contributed by atoms with Gasteiger partial charge < -0.3 is 19.5 Å². The topological polar surface area (TPSA) is 76.1 Å². The second-order valence-corrected chi connectivity index (χ2v) is 7.37. The number of hydrogen-bond acceptors (Lipinski definition) is 4. The van der Waals surface area contributed by atoms with E-state index in [1.165, 1.54) is 11.0 Å². The molecule has 0 saturated carbocycles. The molecule has 6 nitrogen and oxygen atoms in total. The Balaban J connectivity index is 1.49. The maximum atomic E-state index is 12.7. The first-order valence-corrected chi connectivity index (χ1v) is 9.64. The van der Waals surface area contributed by atoms with Crippen molar-refractivity contribution < 1.29 is 24.2 Å². The van der Waals surface area contributed by atoms with Gasteiger partial charge >= 0.3 is 12.1 Å². The molecule has 1 unspecified atom stereocenters. The molecule has 1 saturated heterocycles. The Morgan fingerprint density at radius 1 is 1.17 bits per heavy atom. The summed E-state index contributed by atoms with van der Waals surface area (Å²) in [5, 5.41) is 9.59. The molecule has 1 atom stereocenters. The zero-order chi connectivity index (χ0) is 20.4. The Hall–Kier alpha value is -3.12. The van der Waals surface area contributed by atoms with Gasteiger partial charge in [-0.05, 0) is 22.3 Å². The van der Waals surface area contributed by atoms with Crippen LogP contribution in [0, 0.1) is 0 Å². The number of aliphatic carboxylic acids is 1. The van der Waals surface area contributed by atoms with E-state index in [0.29, 0.717) is 6.54 Å². The summed E-state index contributed by atoms with van der Waals surface area (Å²) in [6.45, 7) is 4.18. The summed E-state index contributed by atoms with van der Waals surface area (Å²) in [6.07, 6.45) is 1.09. The molecule has 1 amide bonds. The summed E-state index contributed by atoms with van der Waals surface area (Å²) >= 11 is 0. The molecule has 2 aromatic carbocycles. The maximum absolute atomic E-state index is 12.7. The predicted molar refractivity (Wildman–Crippen MR) is 108 cm³/mol. The van der Waals surface area contributed by atoms with Crippen molar-refractivity contribution in [2.75, 3.05) is 26.3 Å². The molecule has 0 aromatic heterocycles. The molecule has 1 fully saturated rings. The molecule has 4 rings (SSSR count). The normalized spacial score (nSPS) is 20.6. The largest absolute Gasteiger partial charge is 0.479 e. The third kappa shape index (κ3) is 3.40. The Morgan fingerprint density at radius 2 is 1.79 bits per heavy atom. The summed E-state index contributed by atoms with van der Waals surface area (Å²) < 4.78 is 11.1. The van der Waals surface area contributed by atoms with Gasteiger partial charge in [-0.15, -0.1) is 6.58 Å². The number of carbonyl (C=O) groups excluding carboxylic acids is 1. The number of carboxylic acid groups (broad SMARTS) is 1. The lowest BCUT2D eigenvalue weighted by Crippen LogP contribution is -2.57. The molecule has 29 heavy (non-hydrogen) atoms. The van der Waals surface area contributed by atoms with Crippen molar-refractivity contribution in [2.24, 2.45) is 0 Å². The van der Waals surface area contributed by atoms with Crippen molar-refractivity contribution in [3.8, 4) is 11.1 Å². The smallest absolute Gasteiger partial charge is 0.409 e. The molecule has 150 valence electrons. The van der Waals surface area contributed by atoms with Gasteiger partial charge in [0, 0.05) is 18.9 Å². The van der Waals surface area contributed by atoms with Crippen LogP contribution in [0.2, 0.25) is 0 Å². The number of morpholine rings is 1. The highest BCUT2D eigenvalue weighted by Gasteiger charge is 2.45. The van der Waals surface area contributed by atoms with Gasteiger partial charge in [0.15, 0.2) is 5.60 Å². The molecule has 1 N–H and O–H groups in total. The molecule has 2 aromatic rings. The van der Waals surface area contributed by atoms with E-state index < -0.39 is 17.7 Å². The highest BCUT2D eigenvalue weighted by atomic mass is 16.6. The Bertz CT molecular complexity index is 910. The predicted octanol–water partition coefficient (Wildman–Crippen LogP) is 3.67. The van der Waals surface area contributed by atoms with Crippen molar-refractivity contribution >= 4 is 12.1 Å². The van der Waals surface area contributed by atoms with Crippen LogP contribution in [0.4, 0.5) is 4.79 Å². The minimum absolute atomic E-state index is 0.0372. The first kappa shape index (κ1) is 19.2. The number of ether oxygens (including phenoxy) is 2. The number of nitrogens with zero attached hydrogens (tertiary/aromatic N) is 1. The summed E-state index contributed by atoms with van der Waals surface area (Å²) in [6, 6.07) is 16.2. The Labute approximate surface area is 169 Å². The molecule has 1 heterocycles. The molecule has 0 bridgehead atoms. The van der Waals surface area contributed by atoms with E-state index in [1.54, 1.807) is 0 Å². The lowest BCUT2D eigenvalue weighted by Gasteiger charge is -2.38. The second kappa shape index (κ2) is 7.72. The molecule has 1 aliphatic heterocycles. The van der Waals surface area contributed by atoms with Crippen LogP contribution in [0.15, 0.2) is 61.2 Å². The fourth-order valence-corrected chi connectivity index (χ4v) is 4.20. The van der Waals surface area contributed by atoms with Crippen LogP contribution in [-0.4, -0.2) is 54.0 Å². The van der Waals surface area contributed by atoms with E-state index in [2.05, 4.69) is 30.8 Å². The second-order valence-electron chi connectivity index (χ2n) is 7.37. The number of carbonyl (C=O) groups is 2. The first-order chi connectivity index (χ1) is 14.1. The number of amides is 1.